The Morgan fingerprint density at radius 3 is 2.31 bits per heavy atom. The average molecular weight is 673 g/mol. The summed E-state index contributed by atoms with van der Waals surface area (Å²) >= 11 is 5.06. The molecule has 0 aromatic carbocycles. The predicted molar refractivity (Wildman–Crippen MR) is 162 cm³/mol. The number of anilines is 1. The fraction of sp³-hybridized carbons (Fsp3) is 0.679. The third kappa shape index (κ3) is 9.29. The van der Waals surface area contributed by atoms with E-state index in [-0.39, 0.29) is 5.95 Å². The highest BCUT2D eigenvalue weighted by molar-refractivity contribution is 9.10. The van der Waals surface area contributed by atoms with Gasteiger partial charge in [-0.05, 0) is 34.8 Å². The van der Waals surface area contributed by atoms with E-state index in [1.54, 1.807) is 17.7 Å². The number of hydrogen-bond acceptors (Lipinski definition) is 12. The van der Waals surface area contributed by atoms with Crippen LogP contribution in [0, 0.1) is 0 Å². The van der Waals surface area contributed by atoms with E-state index in [2.05, 4.69) is 30.9 Å². The van der Waals surface area contributed by atoms with E-state index in [1.165, 1.54) is 25.7 Å². The maximum Gasteiger partial charge on any atom is 0.247 e. The molecule has 3 aromatic heterocycles. The smallest absolute Gasteiger partial charge is 0.247 e. The summed E-state index contributed by atoms with van der Waals surface area (Å²) in [5.74, 6) is 0.579. The molecule has 0 radical (unpaired) electrons. The molecule has 0 aliphatic carbocycles. The Labute approximate surface area is 258 Å². The average Bonchev–Trinajstić information content (AvgIpc) is 3.59. The van der Waals surface area contributed by atoms with Gasteiger partial charge in [0.2, 0.25) is 11.8 Å². The molecule has 2 unspecified atom stereocenters. The lowest BCUT2D eigenvalue weighted by molar-refractivity contribution is -0.301. The number of unbranched alkanes of at least 4 members (excludes halogenated alkanes) is 9. The molecule has 1 saturated heterocycles. The van der Waals surface area contributed by atoms with Gasteiger partial charge in [-0.15, -0.1) is 11.3 Å². The van der Waals surface area contributed by atoms with E-state index in [0.29, 0.717) is 30.3 Å². The summed E-state index contributed by atoms with van der Waals surface area (Å²) in [6.07, 6.45) is 6.73. The molecule has 4 rings (SSSR count). The van der Waals surface area contributed by atoms with Gasteiger partial charge in [-0.25, -0.2) is 4.98 Å². The van der Waals surface area contributed by atoms with Gasteiger partial charge in [-0.3, -0.25) is 0 Å². The number of ether oxygens (including phenoxy) is 3. The minimum absolute atomic E-state index is 0.174. The van der Waals surface area contributed by atoms with Gasteiger partial charge in [-0.1, -0.05) is 51.4 Å². The molecule has 42 heavy (non-hydrogen) atoms. The number of aryl methyl sites for hydroxylation is 1. The van der Waals surface area contributed by atoms with Gasteiger partial charge in [0.15, 0.2) is 17.5 Å². The lowest BCUT2D eigenvalue weighted by atomic mass is 9.99. The summed E-state index contributed by atoms with van der Waals surface area (Å²) in [5.41, 5.74) is 7.28. The minimum atomic E-state index is -1.40. The molecule has 5 atom stereocenters. The van der Waals surface area contributed by atoms with Crippen LogP contribution in [0.4, 0.5) is 5.95 Å². The summed E-state index contributed by atoms with van der Waals surface area (Å²) < 4.78 is 19.8. The van der Waals surface area contributed by atoms with E-state index in [9.17, 15) is 20.4 Å². The zero-order valence-corrected chi connectivity index (χ0v) is 26.1. The zero-order chi connectivity index (χ0) is 29.9. The fourth-order valence-corrected chi connectivity index (χ4v) is 6.33. The quantitative estimate of drug-likeness (QED) is 0.125. The Kier molecular flexibility index (Phi) is 13.2. The number of aliphatic hydroxyl groups excluding tert-OH is 4. The van der Waals surface area contributed by atoms with Crippen molar-refractivity contribution in [2.24, 2.45) is 0 Å². The number of thiophene rings is 1. The highest BCUT2D eigenvalue weighted by atomic mass is 79.9. The Balaban J connectivity index is 1.03. The van der Waals surface area contributed by atoms with Gasteiger partial charge < -0.3 is 44.9 Å². The molecule has 1 fully saturated rings. The first-order chi connectivity index (χ1) is 20.4. The van der Waals surface area contributed by atoms with Crippen LogP contribution in [-0.2, 0) is 22.6 Å². The van der Waals surface area contributed by atoms with Crippen LogP contribution in [0.1, 0.15) is 69.1 Å². The topological polar surface area (TPSA) is 178 Å². The number of halogens is 1. The molecule has 1 aliphatic rings. The summed E-state index contributed by atoms with van der Waals surface area (Å²) in [7, 11) is 0. The van der Waals surface area contributed by atoms with Crippen LogP contribution in [0.2, 0.25) is 0 Å². The summed E-state index contributed by atoms with van der Waals surface area (Å²) in [6, 6.07) is 2.01. The minimum Gasteiger partial charge on any atom is -0.470 e. The number of aliphatic hydroxyl groups is 4. The monoisotopic (exact) mass is 671 g/mol. The van der Waals surface area contributed by atoms with Crippen molar-refractivity contribution in [2.45, 2.75) is 108 Å². The fourth-order valence-electron chi connectivity index (χ4n) is 4.97. The molecule has 1 aliphatic heterocycles. The van der Waals surface area contributed by atoms with Crippen molar-refractivity contribution in [1.29, 1.82) is 0 Å². The van der Waals surface area contributed by atoms with E-state index in [1.807, 2.05) is 16.0 Å². The third-order valence-corrected chi connectivity index (χ3v) is 9.02. The third-order valence-electron chi connectivity index (χ3n) is 7.35. The molecular weight excluding hydrogens is 630 g/mol. The highest BCUT2D eigenvalue weighted by Gasteiger charge is 2.43. The Bertz CT molecular complexity index is 1230. The van der Waals surface area contributed by atoms with Crippen LogP contribution in [-0.4, -0.2) is 83.9 Å². The van der Waals surface area contributed by atoms with Crippen molar-refractivity contribution in [3.8, 4) is 5.88 Å². The Morgan fingerprint density at radius 1 is 0.952 bits per heavy atom. The molecule has 0 saturated carbocycles. The van der Waals surface area contributed by atoms with Crippen molar-refractivity contribution in [3.63, 3.8) is 0 Å². The summed E-state index contributed by atoms with van der Waals surface area (Å²) in [4.78, 5) is 14.2. The number of fused-ring (bicyclic) bond motifs is 1. The molecule has 0 amide bonds. The van der Waals surface area contributed by atoms with Gasteiger partial charge in [0.05, 0.1) is 12.9 Å². The zero-order valence-electron chi connectivity index (χ0n) is 23.7. The van der Waals surface area contributed by atoms with Crippen LogP contribution >= 0.6 is 27.3 Å². The summed E-state index contributed by atoms with van der Waals surface area (Å²) in [5, 5.41) is 40.9. The number of nitrogens with zero attached hydrogens (tertiary/aromatic N) is 4. The molecule has 0 spiro atoms. The number of nitrogens with two attached hydrogens (primary N) is 1. The normalized spacial score (nSPS) is 22.6. The first-order valence-corrected chi connectivity index (χ1v) is 16.3. The van der Waals surface area contributed by atoms with E-state index in [0.717, 1.165) is 54.4 Å². The SMILES string of the molecule is Nc1nc(OCc2cc(Br)cs2)c2ncn(CCCCCCCCCCCCO[C@H]3OC(CO)[C@@H](O)[C@@H](O)C3O)c2n1. The van der Waals surface area contributed by atoms with Gasteiger partial charge in [0.25, 0.3) is 0 Å². The number of nitrogen functional groups attached to an aromatic ring is 1. The van der Waals surface area contributed by atoms with E-state index < -0.39 is 37.3 Å². The largest absolute Gasteiger partial charge is 0.470 e. The Morgan fingerprint density at radius 2 is 1.64 bits per heavy atom. The van der Waals surface area contributed by atoms with Gasteiger partial charge in [0, 0.05) is 27.9 Å². The molecule has 6 N–H and O–H groups in total. The van der Waals surface area contributed by atoms with E-state index in [4.69, 9.17) is 19.9 Å². The molecule has 0 bridgehead atoms. The lowest BCUT2D eigenvalue weighted by Gasteiger charge is -2.39. The molecule has 234 valence electrons. The Hall–Kier alpha value is -1.91. The van der Waals surface area contributed by atoms with E-state index >= 15 is 0 Å². The van der Waals surface area contributed by atoms with Crippen LogP contribution in [0.25, 0.3) is 11.2 Å². The summed E-state index contributed by atoms with van der Waals surface area (Å²) in [6.45, 7) is 1.14. The number of aromatic nitrogens is 4. The maximum absolute atomic E-state index is 10.00. The number of rotatable bonds is 18. The molecular formula is C28H42BrN5O7S. The first-order valence-electron chi connectivity index (χ1n) is 14.6. The van der Waals surface area contributed by atoms with Crippen LogP contribution in [0.5, 0.6) is 5.88 Å². The van der Waals surface area contributed by atoms with Crippen LogP contribution in [0.3, 0.4) is 0 Å². The lowest BCUT2D eigenvalue weighted by Crippen LogP contribution is -2.59. The van der Waals surface area contributed by atoms with Crippen LogP contribution in [0.15, 0.2) is 22.2 Å². The second-order valence-corrected chi connectivity index (χ2v) is 12.5. The predicted octanol–water partition coefficient (Wildman–Crippen LogP) is 3.53. The second kappa shape index (κ2) is 16.8. The highest BCUT2D eigenvalue weighted by Crippen LogP contribution is 2.26. The van der Waals surface area contributed by atoms with Crippen molar-refractivity contribution in [1.82, 2.24) is 19.5 Å². The van der Waals surface area contributed by atoms with Crippen molar-refractivity contribution < 1.29 is 34.6 Å². The van der Waals surface area contributed by atoms with Gasteiger partial charge >= 0.3 is 0 Å². The molecule has 14 heteroatoms. The van der Waals surface area contributed by atoms with Crippen molar-refractivity contribution in [2.75, 3.05) is 18.9 Å². The molecule has 12 nitrogen and oxygen atoms in total. The standard InChI is InChI=1S/C28H42BrN5O7S/c29-18-13-19(42-16-18)15-40-26-21-25(32-28(30)33-26)34(17-31-21)11-9-7-5-3-1-2-4-6-8-10-12-39-27-24(38)23(37)22(36)20(14-35)41-27/h13,16-17,20,22-24,27,35-38H,1-12,14-15H2,(H2,30,32,33)/t20?,22-,23-,24?,27+/m1/s1. The second-order valence-electron chi connectivity index (χ2n) is 10.6. The molecule has 4 heterocycles. The van der Waals surface area contributed by atoms with Crippen molar-refractivity contribution in [3.05, 3.63) is 27.1 Å². The maximum atomic E-state index is 10.00. The van der Waals surface area contributed by atoms with Gasteiger partial charge in [-0.2, -0.15) is 9.97 Å². The molecule has 3 aromatic rings. The first kappa shape index (κ1) is 33.0. The van der Waals surface area contributed by atoms with Crippen molar-refractivity contribution >= 4 is 44.4 Å². The van der Waals surface area contributed by atoms with Crippen LogP contribution < -0.4 is 10.5 Å². The number of hydrogen-bond donors (Lipinski definition) is 5. The number of imidazole rings is 1. The van der Waals surface area contributed by atoms with Gasteiger partial charge in [0.1, 0.15) is 31.0 Å².